The van der Waals surface area contributed by atoms with Crippen LogP contribution >= 0.6 is 0 Å². The second kappa shape index (κ2) is 18.6. The molecule has 0 atom stereocenters. The molecular weight excluding hydrogens is 665 g/mol. The standard InChI is InChI=1S/C42H30N2.C8H14.C3H8/c43-32-25-21-30(22-26-32)41-36-16-6-8-18-38(36)42(39-19-9-7-17-37(39)41)31-23-27-34(28-24-31)44(33-13-2-1-3-14-33)40-20-10-12-29-11-4-5-15-35(29)40;1-4-5-6-7-8(2)3;1-3-2/h1-28H,43H2;4-8H,1-3H3;3H2,1-2H3/b;5-4-,7-6-;. The van der Waals surface area contributed by atoms with Crippen molar-refractivity contribution in [3.8, 4) is 22.3 Å². The SMILES string of the molecule is C/C=C\C=C/C(C)C.CCC.Nc1ccc(-c2c3ccccc3c(-c3ccc(N(c4ccccc4)c4cccc5ccccc45)cc3)c3ccccc23)cc1. The number of nitrogen functional groups attached to an aromatic ring is 1. The van der Waals surface area contributed by atoms with Crippen molar-refractivity contribution in [1.82, 2.24) is 0 Å². The summed E-state index contributed by atoms with van der Waals surface area (Å²) in [4.78, 5) is 2.35. The van der Waals surface area contributed by atoms with Crippen molar-refractivity contribution < 1.29 is 0 Å². The molecule has 0 aliphatic heterocycles. The van der Waals surface area contributed by atoms with E-state index >= 15 is 0 Å². The van der Waals surface area contributed by atoms with Crippen molar-refractivity contribution in [3.05, 3.63) is 194 Å². The van der Waals surface area contributed by atoms with Crippen LogP contribution in [0.5, 0.6) is 0 Å². The zero-order valence-electron chi connectivity index (χ0n) is 32.8. The first kappa shape index (κ1) is 38.3. The van der Waals surface area contributed by atoms with Crippen LogP contribution in [0.3, 0.4) is 0 Å². The van der Waals surface area contributed by atoms with Crippen LogP contribution in [0.15, 0.2) is 194 Å². The summed E-state index contributed by atoms with van der Waals surface area (Å²) in [5, 5.41) is 7.38. The fourth-order valence-corrected chi connectivity index (χ4v) is 6.98. The predicted octanol–water partition coefficient (Wildman–Crippen LogP) is 15.7. The molecule has 2 N–H and O–H groups in total. The zero-order valence-corrected chi connectivity index (χ0v) is 32.8. The van der Waals surface area contributed by atoms with E-state index in [2.05, 4.69) is 202 Å². The van der Waals surface area contributed by atoms with E-state index in [1.807, 2.05) is 31.2 Å². The Labute approximate surface area is 327 Å². The molecule has 0 saturated carbocycles. The van der Waals surface area contributed by atoms with Crippen LogP contribution in [-0.4, -0.2) is 0 Å². The quantitative estimate of drug-likeness (QED) is 0.101. The van der Waals surface area contributed by atoms with Gasteiger partial charge in [-0.15, -0.1) is 0 Å². The molecule has 274 valence electrons. The highest BCUT2D eigenvalue weighted by Gasteiger charge is 2.18. The van der Waals surface area contributed by atoms with Gasteiger partial charge in [0.25, 0.3) is 0 Å². The lowest BCUT2D eigenvalue weighted by Gasteiger charge is -2.27. The Morgan fingerprint density at radius 1 is 0.491 bits per heavy atom. The number of fused-ring (bicyclic) bond motifs is 3. The number of hydrogen-bond acceptors (Lipinski definition) is 2. The molecule has 0 heterocycles. The fraction of sp³-hybridized carbons (Fsp3) is 0.132. The number of anilines is 4. The smallest absolute Gasteiger partial charge is 0.0540 e. The summed E-state index contributed by atoms with van der Waals surface area (Å²) in [6, 6.07) is 60.5. The number of hydrogen-bond donors (Lipinski definition) is 1. The third kappa shape index (κ3) is 8.88. The predicted molar refractivity (Wildman–Crippen MR) is 244 cm³/mol. The number of nitrogens with zero attached hydrogens (tertiary/aromatic N) is 1. The summed E-state index contributed by atoms with van der Waals surface area (Å²) in [6.45, 7) is 10.6. The number of para-hydroxylation sites is 1. The maximum Gasteiger partial charge on any atom is 0.0540 e. The number of allylic oxidation sites excluding steroid dienone is 4. The van der Waals surface area contributed by atoms with E-state index in [1.165, 1.54) is 61.0 Å². The van der Waals surface area contributed by atoms with Crippen LogP contribution in [0.25, 0.3) is 54.6 Å². The first-order valence-electron chi connectivity index (χ1n) is 19.5. The second-order valence-electron chi connectivity index (χ2n) is 14.0. The highest BCUT2D eigenvalue weighted by Crippen LogP contribution is 2.45. The Morgan fingerprint density at radius 2 is 0.927 bits per heavy atom. The molecule has 0 aliphatic carbocycles. The molecule has 0 radical (unpaired) electrons. The van der Waals surface area contributed by atoms with Crippen LogP contribution in [0.4, 0.5) is 22.7 Å². The Bertz CT molecular complexity index is 2440. The normalized spacial score (nSPS) is 11.2. The van der Waals surface area contributed by atoms with Gasteiger partial charge in [-0.2, -0.15) is 0 Å². The van der Waals surface area contributed by atoms with Crippen molar-refractivity contribution >= 4 is 55.1 Å². The lowest BCUT2D eigenvalue weighted by Crippen LogP contribution is -2.10. The Kier molecular flexibility index (Phi) is 13.0. The number of benzene rings is 8. The molecule has 8 aromatic rings. The molecule has 0 saturated heterocycles. The lowest BCUT2D eigenvalue weighted by atomic mass is 9.86. The minimum absolute atomic E-state index is 0.672. The van der Waals surface area contributed by atoms with Gasteiger partial charge in [-0.25, -0.2) is 0 Å². The van der Waals surface area contributed by atoms with Gasteiger partial charge in [0.2, 0.25) is 0 Å². The van der Waals surface area contributed by atoms with E-state index < -0.39 is 0 Å². The second-order valence-corrected chi connectivity index (χ2v) is 14.0. The third-order valence-corrected chi connectivity index (χ3v) is 9.37. The Balaban J connectivity index is 0.000000413. The molecule has 2 nitrogen and oxygen atoms in total. The lowest BCUT2D eigenvalue weighted by molar-refractivity contribution is 0.832. The average Bonchev–Trinajstić information content (AvgIpc) is 3.22. The maximum absolute atomic E-state index is 6.06. The van der Waals surface area contributed by atoms with Crippen LogP contribution in [0, 0.1) is 5.92 Å². The van der Waals surface area contributed by atoms with E-state index in [9.17, 15) is 0 Å². The molecule has 8 aromatic carbocycles. The van der Waals surface area contributed by atoms with E-state index in [1.54, 1.807) is 0 Å². The first-order chi connectivity index (χ1) is 26.9. The van der Waals surface area contributed by atoms with E-state index in [-0.39, 0.29) is 0 Å². The van der Waals surface area contributed by atoms with Crippen molar-refractivity contribution in [2.45, 2.75) is 41.0 Å². The summed E-state index contributed by atoms with van der Waals surface area (Å²) < 4.78 is 0. The average molecular weight is 717 g/mol. The molecular formula is C53H52N2. The third-order valence-electron chi connectivity index (χ3n) is 9.37. The maximum atomic E-state index is 6.06. The number of nitrogens with two attached hydrogens (primary N) is 1. The Hall–Kier alpha value is -6.38. The van der Waals surface area contributed by atoms with Gasteiger partial charge in [0, 0.05) is 22.4 Å². The molecule has 2 heteroatoms. The zero-order chi connectivity index (χ0) is 38.6. The molecule has 55 heavy (non-hydrogen) atoms. The van der Waals surface area contributed by atoms with Gasteiger partial charge in [-0.05, 0) is 104 Å². The molecule has 0 amide bonds. The molecule has 0 bridgehead atoms. The first-order valence-corrected chi connectivity index (χ1v) is 19.5. The van der Waals surface area contributed by atoms with Gasteiger partial charge in [0.15, 0.2) is 0 Å². The molecule has 0 fully saturated rings. The highest BCUT2D eigenvalue weighted by atomic mass is 15.1. The summed E-state index contributed by atoms with van der Waals surface area (Å²) in [5.74, 6) is 0.672. The van der Waals surface area contributed by atoms with Gasteiger partial charge in [-0.3, -0.25) is 0 Å². The minimum atomic E-state index is 0.672. The van der Waals surface area contributed by atoms with Crippen LogP contribution < -0.4 is 10.6 Å². The topological polar surface area (TPSA) is 29.3 Å². The van der Waals surface area contributed by atoms with Crippen molar-refractivity contribution in [3.63, 3.8) is 0 Å². The van der Waals surface area contributed by atoms with Gasteiger partial charge in [0.05, 0.1) is 5.69 Å². The molecule has 0 aromatic heterocycles. The van der Waals surface area contributed by atoms with Gasteiger partial charge < -0.3 is 10.6 Å². The van der Waals surface area contributed by atoms with E-state index in [0.717, 1.165) is 22.7 Å². The van der Waals surface area contributed by atoms with Crippen LogP contribution in [0.1, 0.15) is 41.0 Å². The summed E-state index contributed by atoms with van der Waals surface area (Å²) in [5.41, 5.74) is 15.1. The highest BCUT2D eigenvalue weighted by molar-refractivity contribution is 6.21. The van der Waals surface area contributed by atoms with Crippen molar-refractivity contribution in [1.29, 1.82) is 0 Å². The Morgan fingerprint density at radius 3 is 1.44 bits per heavy atom. The summed E-state index contributed by atoms with van der Waals surface area (Å²) in [6.07, 6.45) is 9.56. The molecule has 8 rings (SSSR count). The summed E-state index contributed by atoms with van der Waals surface area (Å²) in [7, 11) is 0. The minimum Gasteiger partial charge on any atom is -0.399 e. The van der Waals surface area contributed by atoms with Gasteiger partial charge >= 0.3 is 0 Å². The molecule has 0 spiro atoms. The fourth-order valence-electron chi connectivity index (χ4n) is 6.98. The van der Waals surface area contributed by atoms with Crippen molar-refractivity contribution in [2.75, 3.05) is 10.6 Å². The van der Waals surface area contributed by atoms with Crippen LogP contribution in [-0.2, 0) is 0 Å². The number of rotatable bonds is 7. The van der Waals surface area contributed by atoms with E-state index in [0.29, 0.717) is 5.92 Å². The molecule has 0 unspecified atom stereocenters. The molecule has 0 aliphatic rings. The summed E-state index contributed by atoms with van der Waals surface area (Å²) >= 11 is 0. The van der Waals surface area contributed by atoms with E-state index in [4.69, 9.17) is 5.73 Å². The van der Waals surface area contributed by atoms with Crippen molar-refractivity contribution in [2.24, 2.45) is 5.92 Å². The largest absolute Gasteiger partial charge is 0.399 e. The monoisotopic (exact) mass is 716 g/mol. The van der Waals surface area contributed by atoms with Gasteiger partial charge in [0.1, 0.15) is 0 Å². The van der Waals surface area contributed by atoms with Crippen LogP contribution in [0.2, 0.25) is 0 Å². The van der Waals surface area contributed by atoms with Gasteiger partial charge in [-0.1, -0.05) is 186 Å².